The van der Waals surface area contributed by atoms with Crippen LogP contribution in [0, 0.1) is 6.92 Å². The Hall–Kier alpha value is -2.39. The lowest BCUT2D eigenvalue weighted by molar-refractivity contribution is -0.120. The molecular formula is C19H18BrN3O4S. The van der Waals surface area contributed by atoms with Crippen molar-refractivity contribution in [2.24, 2.45) is 0 Å². The van der Waals surface area contributed by atoms with Crippen LogP contribution < -0.4 is 9.46 Å². The Bertz CT molecular complexity index is 1200. The molecule has 7 nitrogen and oxygen atoms in total. The van der Waals surface area contributed by atoms with Gasteiger partial charge >= 0.3 is 0 Å². The number of nitrogens with zero attached hydrogens (tertiary/aromatic N) is 2. The molecule has 1 aliphatic carbocycles. The van der Waals surface area contributed by atoms with Crippen LogP contribution in [0.5, 0.6) is 5.75 Å². The van der Waals surface area contributed by atoms with E-state index in [1.54, 1.807) is 31.3 Å². The van der Waals surface area contributed by atoms with Crippen LogP contribution >= 0.6 is 15.9 Å². The molecular weight excluding hydrogens is 446 g/mol. The maximum atomic E-state index is 13.0. The second-order valence-electron chi connectivity index (χ2n) is 6.66. The molecule has 9 heteroatoms. The molecule has 1 unspecified atom stereocenters. The van der Waals surface area contributed by atoms with Crippen LogP contribution in [0.4, 0.5) is 0 Å². The van der Waals surface area contributed by atoms with Crippen molar-refractivity contribution in [2.75, 3.05) is 7.11 Å². The van der Waals surface area contributed by atoms with Gasteiger partial charge in [0.15, 0.2) is 5.03 Å². The first kappa shape index (κ1) is 18.9. The highest BCUT2D eigenvalue weighted by atomic mass is 79.9. The number of benzene rings is 1. The van der Waals surface area contributed by atoms with E-state index in [2.05, 4.69) is 25.6 Å². The largest absolute Gasteiger partial charge is 0.496 e. The van der Waals surface area contributed by atoms with Crippen LogP contribution in [0.25, 0.3) is 5.65 Å². The molecule has 0 radical (unpaired) electrons. The number of carbonyl (C=O) groups is 1. The Morgan fingerprint density at radius 3 is 2.86 bits per heavy atom. The minimum Gasteiger partial charge on any atom is -0.496 e. The SMILES string of the molecule is COc1ccc(Br)c2c1C(C(=O)NS(=O)(=O)c1cccc3ncc(C)n13)CC2. The van der Waals surface area contributed by atoms with Gasteiger partial charge in [-0.05, 0) is 49.6 Å². The summed E-state index contributed by atoms with van der Waals surface area (Å²) < 4.78 is 36.0. The fourth-order valence-corrected chi connectivity index (χ4v) is 5.53. The van der Waals surface area contributed by atoms with E-state index in [0.717, 1.165) is 15.6 Å². The van der Waals surface area contributed by atoms with Crippen LogP contribution in [0.3, 0.4) is 0 Å². The number of carbonyl (C=O) groups excluding carboxylic acids is 1. The van der Waals surface area contributed by atoms with Crippen LogP contribution in [0.1, 0.15) is 29.2 Å². The third kappa shape index (κ3) is 2.98. The Morgan fingerprint density at radius 1 is 1.32 bits per heavy atom. The van der Waals surface area contributed by atoms with Gasteiger partial charge in [-0.25, -0.2) is 9.71 Å². The highest BCUT2D eigenvalue weighted by Gasteiger charge is 2.35. The number of amides is 1. The molecule has 0 spiro atoms. The van der Waals surface area contributed by atoms with Gasteiger partial charge in [-0.15, -0.1) is 0 Å². The first-order chi connectivity index (χ1) is 13.3. The molecule has 146 valence electrons. The fraction of sp³-hybridized carbons (Fsp3) is 0.263. The average molecular weight is 464 g/mol. The van der Waals surface area contributed by atoms with Gasteiger partial charge in [-0.2, -0.15) is 8.42 Å². The number of hydrogen-bond acceptors (Lipinski definition) is 5. The molecule has 1 atom stereocenters. The van der Waals surface area contributed by atoms with Gasteiger partial charge in [-0.1, -0.05) is 22.0 Å². The normalized spacial score (nSPS) is 16.2. The number of aryl methyl sites for hydroxylation is 1. The van der Waals surface area contributed by atoms with Crippen LogP contribution in [-0.2, 0) is 21.2 Å². The van der Waals surface area contributed by atoms with E-state index in [4.69, 9.17) is 4.74 Å². The van der Waals surface area contributed by atoms with Crippen molar-refractivity contribution in [2.45, 2.75) is 30.7 Å². The smallest absolute Gasteiger partial charge is 0.280 e. The van der Waals surface area contributed by atoms with Gasteiger partial charge in [-0.3, -0.25) is 9.20 Å². The first-order valence-corrected chi connectivity index (χ1v) is 11.0. The number of pyridine rings is 1. The predicted molar refractivity (Wildman–Crippen MR) is 107 cm³/mol. The van der Waals surface area contributed by atoms with Crippen molar-refractivity contribution in [3.05, 3.63) is 57.8 Å². The standard InChI is InChI=1S/C19H18BrN3O4S/c1-11-10-21-16-4-3-5-17(23(11)16)28(25,26)22-19(24)13-7-6-12-14(20)8-9-15(27-2)18(12)13/h3-5,8-10,13H,6-7H2,1-2H3,(H,22,24). The quantitative estimate of drug-likeness (QED) is 0.642. The van der Waals surface area contributed by atoms with Crippen molar-refractivity contribution in [3.8, 4) is 5.75 Å². The molecule has 0 bridgehead atoms. The number of aromatic nitrogens is 2. The molecule has 1 N–H and O–H groups in total. The van der Waals surface area contributed by atoms with E-state index in [-0.39, 0.29) is 5.03 Å². The second-order valence-corrected chi connectivity index (χ2v) is 9.14. The minimum atomic E-state index is -4.08. The average Bonchev–Trinajstić information content (AvgIpc) is 3.27. The molecule has 28 heavy (non-hydrogen) atoms. The molecule has 1 aliphatic rings. The Morgan fingerprint density at radius 2 is 2.11 bits per heavy atom. The lowest BCUT2D eigenvalue weighted by atomic mass is 10.00. The maximum absolute atomic E-state index is 13.0. The summed E-state index contributed by atoms with van der Waals surface area (Å²) in [6.07, 6.45) is 2.78. The zero-order valence-corrected chi connectivity index (χ0v) is 17.7. The van der Waals surface area contributed by atoms with Gasteiger partial charge in [0, 0.05) is 21.9 Å². The van der Waals surface area contributed by atoms with Gasteiger partial charge in [0.1, 0.15) is 11.4 Å². The van der Waals surface area contributed by atoms with Gasteiger partial charge in [0.25, 0.3) is 10.0 Å². The summed E-state index contributed by atoms with van der Waals surface area (Å²) in [6, 6.07) is 8.42. The third-order valence-corrected chi connectivity index (χ3v) is 7.09. The second kappa shape index (κ2) is 6.89. The summed E-state index contributed by atoms with van der Waals surface area (Å²) >= 11 is 3.50. The fourth-order valence-electron chi connectivity index (χ4n) is 3.74. The lowest BCUT2D eigenvalue weighted by Gasteiger charge is -2.16. The van der Waals surface area contributed by atoms with E-state index >= 15 is 0 Å². The van der Waals surface area contributed by atoms with E-state index < -0.39 is 21.8 Å². The number of halogens is 1. The monoisotopic (exact) mass is 463 g/mol. The van der Waals surface area contributed by atoms with Crippen molar-refractivity contribution >= 4 is 37.5 Å². The Balaban J connectivity index is 1.70. The molecule has 0 saturated carbocycles. The van der Waals surface area contributed by atoms with E-state index in [9.17, 15) is 13.2 Å². The van der Waals surface area contributed by atoms with Crippen LogP contribution in [0.15, 0.2) is 46.0 Å². The van der Waals surface area contributed by atoms with Crippen molar-refractivity contribution < 1.29 is 17.9 Å². The first-order valence-electron chi connectivity index (χ1n) is 8.68. The summed E-state index contributed by atoms with van der Waals surface area (Å²) in [7, 11) is -2.54. The topological polar surface area (TPSA) is 89.8 Å². The number of fused-ring (bicyclic) bond motifs is 2. The van der Waals surface area contributed by atoms with Gasteiger partial charge in [0.05, 0.1) is 13.0 Å². The highest BCUT2D eigenvalue weighted by molar-refractivity contribution is 9.10. The maximum Gasteiger partial charge on any atom is 0.280 e. The number of rotatable bonds is 4. The number of sulfonamides is 1. The highest BCUT2D eigenvalue weighted by Crippen LogP contribution is 2.43. The lowest BCUT2D eigenvalue weighted by Crippen LogP contribution is -2.35. The van der Waals surface area contributed by atoms with E-state index in [0.29, 0.717) is 29.9 Å². The molecule has 3 aromatic rings. The number of methoxy groups -OCH3 is 1. The van der Waals surface area contributed by atoms with E-state index in [1.807, 2.05) is 6.07 Å². The number of nitrogens with one attached hydrogen (secondary N) is 1. The summed E-state index contributed by atoms with van der Waals surface area (Å²) in [4.78, 5) is 17.1. The minimum absolute atomic E-state index is 0.0206. The molecule has 0 aliphatic heterocycles. The molecule has 0 fully saturated rings. The molecule has 2 heterocycles. The summed E-state index contributed by atoms with van der Waals surface area (Å²) in [5.74, 6) is -0.578. The predicted octanol–water partition coefficient (Wildman–Crippen LogP) is 2.95. The summed E-state index contributed by atoms with van der Waals surface area (Å²) in [6.45, 7) is 1.76. The van der Waals surface area contributed by atoms with E-state index in [1.165, 1.54) is 17.6 Å². The van der Waals surface area contributed by atoms with Crippen LogP contribution in [-0.4, -0.2) is 30.8 Å². The molecule has 2 aromatic heterocycles. The number of ether oxygens (including phenoxy) is 1. The van der Waals surface area contributed by atoms with Gasteiger partial charge in [0.2, 0.25) is 5.91 Å². The number of imidazole rings is 1. The van der Waals surface area contributed by atoms with Crippen LogP contribution in [0.2, 0.25) is 0 Å². The van der Waals surface area contributed by atoms with Crippen molar-refractivity contribution in [1.29, 1.82) is 0 Å². The summed E-state index contributed by atoms with van der Waals surface area (Å²) in [5.41, 5.74) is 2.89. The van der Waals surface area contributed by atoms with Gasteiger partial charge < -0.3 is 4.74 Å². The molecule has 1 amide bonds. The molecule has 4 rings (SSSR count). The Kier molecular flexibility index (Phi) is 4.67. The zero-order chi connectivity index (χ0) is 20.1. The Labute approximate surface area is 170 Å². The molecule has 1 aromatic carbocycles. The summed E-state index contributed by atoms with van der Waals surface area (Å²) in [5, 5.41) is -0.0206. The third-order valence-electron chi connectivity index (χ3n) is 5.01. The van der Waals surface area contributed by atoms with Crippen molar-refractivity contribution in [1.82, 2.24) is 14.1 Å². The number of hydrogen-bond donors (Lipinski definition) is 1. The van der Waals surface area contributed by atoms with Crippen molar-refractivity contribution in [3.63, 3.8) is 0 Å². The zero-order valence-electron chi connectivity index (χ0n) is 15.3. The molecule has 0 saturated heterocycles.